The average Bonchev–Trinajstić information content (AvgIpc) is 2.27. The van der Waals surface area contributed by atoms with E-state index in [4.69, 9.17) is 4.74 Å². The van der Waals surface area contributed by atoms with E-state index in [1.165, 1.54) is 11.3 Å². The van der Waals surface area contributed by atoms with Crippen molar-refractivity contribution in [3.63, 3.8) is 0 Å². The molecule has 1 aromatic rings. The molecule has 0 spiro atoms. The van der Waals surface area contributed by atoms with E-state index >= 15 is 0 Å². The summed E-state index contributed by atoms with van der Waals surface area (Å²) in [5.74, 6) is 0. The molecule has 0 unspecified atom stereocenters. The van der Waals surface area contributed by atoms with Gasteiger partial charge in [0, 0.05) is 11.2 Å². The Hall–Kier alpha value is -1.02. The molecular weight excluding hydrogens is 222 g/mol. The van der Waals surface area contributed by atoms with Gasteiger partial charge in [0.05, 0.1) is 12.2 Å². The standard InChI is InChI=1S/C16H27NO/c1-7-16(5,6)17-14-10-8-13(9-11-14)12-18-15(2,3)4/h8-11,17H,7,12H2,1-6H3. The molecule has 1 rings (SSSR count). The minimum atomic E-state index is -0.0822. The Morgan fingerprint density at radius 3 is 2.00 bits per heavy atom. The lowest BCUT2D eigenvalue weighted by Crippen LogP contribution is -2.29. The summed E-state index contributed by atoms with van der Waals surface area (Å²) in [6.45, 7) is 13.5. The molecular formula is C16H27NO. The molecule has 1 N–H and O–H groups in total. The quantitative estimate of drug-likeness (QED) is 0.823. The first-order valence-electron chi connectivity index (χ1n) is 6.73. The van der Waals surface area contributed by atoms with Crippen molar-refractivity contribution in [1.82, 2.24) is 0 Å². The van der Waals surface area contributed by atoms with Crippen LogP contribution in [0.3, 0.4) is 0 Å². The fourth-order valence-electron chi connectivity index (χ4n) is 1.46. The highest BCUT2D eigenvalue weighted by Gasteiger charge is 2.14. The number of nitrogens with one attached hydrogen (secondary N) is 1. The highest BCUT2D eigenvalue weighted by Crippen LogP contribution is 2.19. The van der Waals surface area contributed by atoms with Crippen LogP contribution in [-0.2, 0) is 11.3 Å². The maximum absolute atomic E-state index is 5.76. The molecule has 2 nitrogen and oxygen atoms in total. The van der Waals surface area contributed by atoms with Crippen molar-refractivity contribution in [3.8, 4) is 0 Å². The summed E-state index contributed by atoms with van der Waals surface area (Å²) in [6, 6.07) is 8.50. The predicted molar refractivity (Wildman–Crippen MR) is 79.0 cm³/mol. The zero-order chi connectivity index (χ0) is 13.8. The second kappa shape index (κ2) is 5.75. The Bertz CT molecular complexity index is 360. The van der Waals surface area contributed by atoms with E-state index in [0.29, 0.717) is 6.61 Å². The zero-order valence-electron chi connectivity index (χ0n) is 12.6. The van der Waals surface area contributed by atoms with Gasteiger partial charge in [-0.25, -0.2) is 0 Å². The lowest BCUT2D eigenvalue weighted by molar-refractivity contribution is -0.0149. The maximum Gasteiger partial charge on any atom is 0.0724 e. The van der Waals surface area contributed by atoms with Gasteiger partial charge in [-0.2, -0.15) is 0 Å². The van der Waals surface area contributed by atoms with Crippen LogP contribution in [0.5, 0.6) is 0 Å². The Balaban J connectivity index is 2.58. The number of ether oxygens (including phenoxy) is 1. The monoisotopic (exact) mass is 249 g/mol. The number of hydrogen-bond donors (Lipinski definition) is 1. The minimum Gasteiger partial charge on any atom is -0.380 e. The molecule has 0 aromatic heterocycles. The first-order chi connectivity index (χ1) is 8.22. The molecule has 18 heavy (non-hydrogen) atoms. The Morgan fingerprint density at radius 1 is 1.00 bits per heavy atom. The van der Waals surface area contributed by atoms with Gasteiger partial charge in [0.15, 0.2) is 0 Å². The highest BCUT2D eigenvalue weighted by atomic mass is 16.5. The fraction of sp³-hybridized carbons (Fsp3) is 0.625. The smallest absolute Gasteiger partial charge is 0.0724 e. The molecule has 0 fully saturated rings. The normalized spacial score (nSPS) is 12.6. The van der Waals surface area contributed by atoms with Crippen LogP contribution in [0.4, 0.5) is 5.69 Å². The first-order valence-corrected chi connectivity index (χ1v) is 6.73. The second-order valence-electron chi connectivity index (χ2n) is 6.46. The van der Waals surface area contributed by atoms with Crippen LogP contribution in [0.2, 0.25) is 0 Å². The van der Waals surface area contributed by atoms with Crippen molar-refractivity contribution < 1.29 is 4.74 Å². The van der Waals surface area contributed by atoms with Crippen LogP contribution in [0, 0.1) is 0 Å². The molecule has 0 aliphatic heterocycles. The number of benzene rings is 1. The summed E-state index contributed by atoms with van der Waals surface area (Å²) in [7, 11) is 0. The van der Waals surface area contributed by atoms with Crippen LogP contribution in [0.15, 0.2) is 24.3 Å². The molecule has 0 aliphatic rings. The summed E-state index contributed by atoms with van der Waals surface area (Å²) in [5.41, 5.74) is 2.44. The van der Waals surface area contributed by atoms with Crippen molar-refractivity contribution >= 4 is 5.69 Å². The summed E-state index contributed by atoms with van der Waals surface area (Å²) >= 11 is 0. The third kappa shape index (κ3) is 5.54. The van der Waals surface area contributed by atoms with E-state index in [9.17, 15) is 0 Å². The zero-order valence-corrected chi connectivity index (χ0v) is 12.6. The number of anilines is 1. The van der Waals surface area contributed by atoms with Gasteiger partial charge in [-0.1, -0.05) is 19.1 Å². The van der Waals surface area contributed by atoms with Gasteiger partial charge in [-0.3, -0.25) is 0 Å². The lowest BCUT2D eigenvalue weighted by atomic mass is 10.0. The average molecular weight is 249 g/mol. The van der Waals surface area contributed by atoms with Gasteiger partial charge in [0.2, 0.25) is 0 Å². The molecule has 0 saturated carbocycles. The summed E-state index contributed by atoms with van der Waals surface area (Å²) < 4.78 is 5.76. The molecule has 2 heteroatoms. The van der Waals surface area contributed by atoms with Crippen LogP contribution in [0.1, 0.15) is 53.5 Å². The molecule has 102 valence electrons. The van der Waals surface area contributed by atoms with Gasteiger partial charge in [0.1, 0.15) is 0 Å². The molecule has 0 saturated heterocycles. The number of hydrogen-bond acceptors (Lipinski definition) is 2. The Morgan fingerprint density at radius 2 is 1.56 bits per heavy atom. The van der Waals surface area contributed by atoms with E-state index in [0.717, 1.165) is 6.42 Å². The van der Waals surface area contributed by atoms with Gasteiger partial charge in [-0.05, 0) is 58.7 Å². The molecule has 0 atom stereocenters. The van der Waals surface area contributed by atoms with Crippen molar-refractivity contribution in [1.29, 1.82) is 0 Å². The van der Waals surface area contributed by atoms with E-state index < -0.39 is 0 Å². The third-order valence-electron chi connectivity index (χ3n) is 2.99. The van der Waals surface area contributed by atoms with E-state index in [1.807, 2.05) is 0 Å². The van der Waals surface area contributed by atoms with Crippen molar-refractivity contribution in [3.05, 3.63) is 29.8 Å². The van der Waals surface area contributed by atoms with Gasteiger partial charge in [0.25, 0.3) is 0 Å². The molecule has 0 bridgehead atoms. The molecule has 0 radical (unpaired) electrons. The Labute approximate surface area is 112 Å². The lowest BCUT2D eigenvalue weighted by Gasteiger charge is -2.26. The summed E-state index contributed by atoms with van der Waals surface area (Å²) in [4.78, 5) is 0. The topological polar surface area (TPSA) is 21.3 Å². The molecule has 1 aromatic carbocycles. The second-order valence-corrected chi connectivity index (χ2v) is 6.46. The first kappa shape index (κ1) is 15.0. The molecule has 0 heterocycles. The van der Waals surface area contributed by atoms with Gasteiger partial charge < -0.3 is 10.1 Å². The van der Waals surface area contributed by atoms with E-state index in [-0.39, 0.29) is 11.1 Å². The van der Waals surface area contributed by atoms with Crippen molar-refractivity contribution in [2.45, 2.75) is 65.7 Å². The van der Waals surface area contributed by atoms with Crippen LogP contribution in [0.25, 0.3) is 0 Å². The minimum absolute atomic E-state index is 0.0822. The van der Waals surface area contributed by atoms with Crippen molar-refractivity contribution in [2.75, 3.05) is 5.32 Å². The third-order valence-corrected chi connectivity index (χ3v) is 2.99. The van der Waals surface area contributed by atoms with Gasteiger partial charge >= 0.3 is 0 Å². The highest BCUT2D eigenvalue weighted by molar-refractivity contribution is 5.46. The summed E-state index contributed by atoms with van der Waals surface area (Å²) in [6.07, 6.45) is 1.10. The van der Waals surface area contributed by atoms with Crippen molar-refractivity contribution in [2.24, 2.45) is 0 Å². The van der Waals surface area contributed by atoms with Crippen LogP contribution in [-0.4, -0.2) is 11.1 Å². The SMILES string of the molecule is CCC(C)(C)Nc1ccc(COC(C)(C)C)cc1. The molecule has 0 aliphatic carbocycles. The Kier molecular flexibility index (Phi) is 4.80. The van der Waals surface area contributed by atoms with E-state index in [2.05, 4.69) is 71.1 Å². The predicted octanol–water partition coefficient (Wildman–Crippen LogP) is 4.60. The number of rotatable bonds is 5. The van der Waals surface area contributed by atoms with Crippen LogP contribution >= 0.6 is 0 Å². The molecule has 0 amide bonds. The fourth-order valence-corrected chi connectivity index (χ4v) is 1.46. The summed E-state index contributed by atoms with van der Waals surface area (Å²) in [5, 5.41) is 3.53. The maximum atomic E-state index is 5.76. The van der Waals surface area contributed by atoms with Crippen LogP contribution < -0.4 is 5.32 Å². The van der Waals surface area contributed by atoms with Gasteiger partial charge in [-0.15, -0.1) is 0 Å². The largest absolute Gasteiger partial charge is 0.380 e. The van der Waals surface area contributed by atoms with E-state index in [1.54, 1.807) is 0 Å².